The van der Waals surface area contributed by atoms with Gasteiger partial charge in [-0.25, -0.2) is 8.78 Å². The van der Waals surface area contributed by atoms with Crippen LogP contribution in [0.5, 0.6) is 0 Å². The Labute approximate surface area is 79.5 Å². The van der Waals surface area contributed by atoms with Gasteiger partial charge in [0.05, 0.1) is 0 Å². The third kappa shape index (κ3) is 1.73. The number of hydrogen-bond donors (Lipinski definition) is 0. The van der Waals surface area contributed by atoms with Gasteiger partial charge in [0.1, 0.15) is 17.7 Å². The van der Waals surface area contributed by atoms with E-state index in [0.717, 1.165) is 6.07 Å². The summed E-state index contributed by atoms with van der Waals surface area (Å²) < 4.78 is 30.2. The maximum absolute atomic E-state index is 12.8. The summed E-state index contributed by atoms with van der Waals surface area (Å²) in [5, 5.41) is 0. The van der Waals surface area contributed by atoms with Gasteiger partial charge in [-0.2, -0.15) is 0 Å². The van der Waals surface area contributed by atoms with Crippen LogP contribution in [0.2, 0.25) is 0 Å². The summed E-state index contributed by atoms with van der Waals surface area (Å²) in [6.45, 7) is 0.361. The highest BCUT2D eigenvalue weighted by molar-refractivity contribution is 5.40. The highest BCUT2D eigenvalue weighted by Crippen LogP contribution is 2.43. The van der Waals surface area contributed by atoms with Crippen LogP contribution in [0.4, 0.5) is 8.78 Å². The molecule has 1 unspecified atom stereocenters. The minimum atomic E-state index is -0.600. The SMILES string of the molecule is O=CO[C@@H]1CC1c1cc(F)cc(F)c1. The van der Waals surface area contributed by atoms with Crippen molar-refractivity contribution >= 4 is 6.47 Å². The summed E-state index contributed by atoms with van der Waals surface area (Å²) in [6.07, 6.45) is 0.426. The second-order valence-electron chi connectivity index (χ2n) is 3.32. The first-order valence-corrected chi connectivity index (χ1v) is 4.26. The molecule has 0 heterocycles. The Morgan fingerprint density at radius 3 is 2.50 bits per heavy atom. The third-order valence-corrected chi connectivity index (χ3v) is 2.28. The van der Waals surface area contributed by atoms with Gasteiger partial charge in [0, 0.05) is 12.0 Å². The summed E-state index contributed by atoms with van der Waals surface area (Å²) in [4.78, 5) is 10.00. The molecule has 74 valence electrons. The maximum Gasteiger partial charge on any atom is 0.293 e. The van der Waals surface area contributed by atoms with Crippen molar-refractivity contribution < 1.29 is 18.3 Å². The molecule has 2 atom stereocenters. The smallest absolute Gasteiger partial charge is 0.293 e. The van der Waals surface area contributed by atoms with E-state index in [1.807, 2.05) is 0 Å². The van der Waals surface area contributed by atoms with E-state index < -0.39 is 11.6 Å². The summed E-state index contributed by atoms with van der Waals surface area (Å²) in [7, 11) is 0. The van der Waals surface area contributed by atoms with Crippen molar-refractivity contribution in [3.63, 3.8) is 0 Å². The first kappa shape index (κ1) is 9.12. The zero-order valence-corrected chi connectivity index (χ0v) is 7.24. The summed E-state index contributed by atoms with van der Waals surface area (Å²) in [6, 6.07) is 3.35. The average molecular weight is 198 g/mol. The average Bonchev–Trinajstić information content (AvgIpc) is 2.82. The topological polar surface area (TPSA) is 26.3 Å². The molecule has 0 radical (unpaired) electrons. The lowest BCUT2D eigenvalue weighted by Gasteiger charge is -2.00. The molecule has 2 nitrogen and oxygen atoms in total. The van der Waals surface area contributed by atoms with E-state index in [0.29, 0.717) is 18.5 Å². The van der Waals surface area contributed by atoms with Gasteiger partial charge in [0.2, 0.25) is 0 Å². The van der Waals surface area contributed by atoms with Gasteiger partial charge in [-0.05, 0) is 24.1 Å². The van der Waals surface area contributed by atoms with Crippen molar-refractivity contribution in [3.05, 3.63) is 35.4 Å². The molecule has 0 N–H and O–H groups in total. The molecule has 4 heteroatoms. The Balaban J connectivity index is 2.14. The monoisotopic (exact) mass is 198 g/mol. The molecule has 1 aliphatic rings. The van der Waals surface area contributed by atoms with E-state index in [1.54, 1.807) is 0 Å². The molecule has 2 rings (SSSR count). The highest BCUT2D eigenvalue weighted by Gasteiger charge is 2.40. The minimum absolute atomic E-state index is 0.0506. The van der Waals surface area contributed by atoms with Crippen molar-refractivity contribution in [1.29, 1.82) is 0 Å². The van der Waals surface area contributed by atoms with E-state index >= 15 is 0 Å². The Kier molecular flexibility index (Phi) is 2.19. The van der Waals surface area contributed by atoms with Gasteiger partial charge < -0.3 is 4.74 Å². The molecular formula is C10H8F2O2. The van der Waals surface area contributed by atoms with E-state index in [4.69, 9.17) is 0 Å². The van der Waals surface area contributed by atoms with Gasteiger partial charge in [0.15, 0.2) is 0 Å². The van der Waals surface area contributed by atoms with E-state index in [9.17, 15) is 13.6 Å². The molecule has 1 fully saturated rings. The number of carbonyl (C=O) groups excluding carboxylic acids is 1. The lowest BCUT2D eigenvalue weighted by atomic mass is 10.1. The van der Waals surface area contributed by atoms with Crippen molar-refractivity contribution in [2.75, 3.05) is 0 Å². The molecule has 1 saturated carbocycles. The molecule has 1 aromatic carbocycles. The lowest BCUT2D eigenvalue weighted by Crippen LogP contribution is -1.95. The van der Waals surface area contributed by atoms with Crippen LogP contribution in [0.15, 0.2) is 18.2 Å². The predicted octanol–water partition coefficient (Wildman–Crippen LogP) is 1.99. The fraction of sp³-hybridized carbons (Fsp3) is 0.300. The van der Waals surface area contributed by atoms with Gasteiger partial charge in [0.25, 0.3) is 6.47 Å². The van der Waals surface area contributed by atoms with E-state index in [-0.39, 0.29) is 12.0 Å². The zero-order valence-electron chi connectivity index (χ0n) is 7.24. The predicted molar refractivity (Wildman–Crippen MR) is 44.7 cm³/mol. The highest BCUT2D eigenvalue weighted by atomic mass is 19.1. The van der Waals surface area contributed by atoms with Crippen LogP contribution in [0, 0.1) is 11.6 Å². The molecule has 0 spiro atoms. The Morgan fingerprint density at radius 1 is 1.29 bits per heavy atom. The fourth-order valence-corrected chi connectivity index (χ4v) is 1.53. The number of benzene rings is 1. The number of hydrogen-bond acceptors (Lipinski definition) is 2. The molecule has 0 amide bonds. The molecular weight excluding hydrogens is 190 g/mol. The lowest BCUT2D eigenvalue weighted by molar-refractivity contribution is -0.129. The normalized spacial score (nSPS) is 24.4. The molecule has 0 bridgehead atoms. The first-order chi connectivity index (χ1) is 6.70. The summed E-state index contributed by atoms with van der Waals surface area (Å²) >= 11 is 0. The second kappa shape index (κ2) is 3.36. The van der Waals surface area contributed by atoms with Gasteiger partial charge in [-0.15, -0.1) is 0 Å². The maximum atomic E-state index is 12.8. The van der Waals surface area contributed by atoms with Crippen LogP contribution in [-0.4, -0.2) is 12.6 Å². The van der Waals surface area contributed by atoms with Crippen LogP contribution >= 0.6 is 0 Å². The molecule has 0 saturated heterocycles. The van der Waals surface area contributed by atoms with E-state index in [1.165, 1.54) is 12.1 Å². The first-order valence-electron chi connectivity index (χ1n) is 4.26. The van der Waals surface area contributed by atoms with Gasteiger partial charge in [-0.3, -0.25) is 4.79 Å². The Morgan fingerprint density at radius 2 is 1.93 bits per heavy atom. The summed E-state index contributed by atoms with van der Waals surface area (Å²) in [5.41, 5.74) is 0.550. The third-order valence-electron chi connectivity index (χ3n) is 2.28. The van der Waals surface area contributed by atoms with Crippen LogP contribution in [0.3, 0.4) is 0 Å². The zero-order chi connectivity index (χ0) is 10.1. The number of halogens is 2. The second-order valence-corrected chi connectivity index (χ2v) is 3.32. The molecule has 1 aromatic rings. The van der Waals surface area contributed by atoms with Crippen LogP contribution in [0.1, 0.15) is 17.9 Å². The minimum Gasteiger partial charge on any atom is -0.464 e. The fourth-order valence-electron chi connectivity index (χ4n) is 1.53. The van der Waals surface area contributed by atoms with Crippen molar-refractivity contribution in [2.45, 2.75) is 18.4 Å². The van der Waals surface area contributed by atoms with Crippen molar-refractivity contribution in [2.24, 2.45) is 0 Å². The van der Waals surface area contributed by atoms with Gasteiger partial charge in [-0.1, -0.05) is 0 Å². The quantitative estimate of drug-likeness (QED) is 0.694. The van der Waals surface area contributed by atoms with Gasteiger partial charge >= 0.3 is 0 Å². The summed E-state index contributed by atoms with van der Waals surface area (Å²) in [5.74, 6) is -1.25. The number of ether oxygens (including phenoxy) is 1. The molecule has 0 aromatic heterocycles. The molecule has 1 aliphatic carbocycles. The van der Waals surface area contributed by atoms with Crippen LogP contribution in [0.25, 0.3) is 0 Å². The van der Waals surface area contributed by atoms with E-state index in [2.05, 4.69) is 4.74 Å². The Bertz CT molecular complexity index is 345. The van der Waals surface area contributed by atoms with Crippen molar-refractivity contribution in [3.8, 4) is 0 Å². The van der Waals surface area contributed by atoms with Crippen molar-refractivity contribution in [1.82, 2.24) is 0 Å². The number of carbonyl (C=O) groups is 1. The largest absolute Gasteiger partial charge is 0.464 e. The standard InChI is InChI=1S/C10H8F2O2/c11-7-1-6(2-8(12)3-7)9-4-10(9)14-5-13/h1-3,5,9-10H,4H2/t9?,10-/m1/s1. The Hall–Kier alpha value is -1.45. The van der Waals surface area contributed by atoms with Crippen LogP contribution < -0.4 is 0 Å². The molecule has 14 heavy (non-hydrogen) atoms. The van der Waals surface area contributed by atoms with Crippen LogP contribution in [-0.2, 0) is 9.53 Å². The number of rotatable bonds is 3. The molecule has 0 aliphatic heterocycles.